The minimum atomic E-state index is 0.0132. The zero-order chi connectivity index (χ0) is 17.8. The highest BCUT2D eigenvalue weighted by atomic mass is 16.1. The van der Waals surface area contributed by atoms with Gasteiger partial charge in [-0.25, -0.2) is 0 Å². The maximum Gasteiger partial charge on any atom is 0.251 e. The molecule has 130 valence electrons. The molecule has 2 atom stereocenters. The van der Waals surface area contributed by atoms with E-state index in [4.69, 9.17) is 0 Å². The van der Waals surface area contributed by atoms with Gasteiger partial charge in [0.25, 0.3) is 5.91 Å². The summed E-state index contributed by atoms with van der Waals surface area (Å²) in [6.07, 6.45) is 2.28. The van der Waals surface area contributed by atoms with Gasteiger partial charge < -0.3 is 5.32 Å². The number of amides is 1. The van der Waals surface area contributed by atoms with Crippen molar-refractivity contribution in [3.63, 3.8) is 0 Å². The zero-order valence-corrected chi connectivity index (χ0v) is 15.3. The van der Waals surface area contributed by atoms with Crippen molar-refractivity contribution < 1.29 is 4.79 Å². The quantitative estimate of drug-likeness (QED) is 0.803. The van der Waals surface area contributed by atoms with Crippen molar-refractivity contribution in [3.8, 4) is 0 Å². The highest BCUT2D eigenvalue weighted by Gasteiger charge is 2.36. The molecule has 1 N–H and O–H groups in total. The Morgan fingerprint density at radius 3 is 2.56 bits per heavy atom. The van der Waals surface area contributed by atoms with Crippen molar-refractivity contribution >= 4 is 11.6 Å². The van der Waals surface area contributed by atoms with Gasteiger partial charge in [-0.05, 0) is 49.8 Å². The molecule has 0 bridgehead atoms. The van der Waals surface area contributed by atoms with E-state index in [9.17, 15) is 4.79 Å². The first kappa shape index (κ1) is 17.4. The molecule has 0 spiro atoms. The van der Waals surface area contributed by atoms with Gasteiger partial charge >= 0.3 is 0 Å². The van der Waals surface area contributed by atoms with Crippen LogP contribution < -0.4 is 5.32 Å². The summed E-state index contributed by atoms with van der Waals surface area (Å²) in [5.74, 6) is 0.884. The van der Waals surface area contributed by atoms with E-state index >= 15 is 0 Å². The van der Waals surface area contributed by atoms with Gasteiger partial charge in [0, 0.05) is 30.8 Å². The van der Waals surface area contributed by atoms with Gasteiger partial charge in [0.1, 0.15) is 0 Å². The van der Waals surface area contributed by atoms with E-state index in [-0.39, 0.29) is 5.91 Å². The van der Waals surface area contributed by atoms with Crippen LogP contribution in [0.3, 0.4) is 0 Å². The van der Waals surface area contributed by atoms with Crippen LogP contribution in [0.25, 0.3) is 0 Å². The second-order valence-corrected chi connectivity index (χ2v) is 6.91. The number of nitrogens with one attached hydrogen (secondary N) is 1. The number of hydrogen-bond donors (Lipinski definition) is 1. The second-order valence-electron chi connectivity index (χ2n) is 6.91. The van der Waals surface area contributed by atoms with Gasteiger partial charge in [-0.2, -0.15) is 0 Å². The minimum absolute atomic E-state index is 0.0132. The Morgan fingerprint density at radius 2 is 1.92 bits per heavy atom. The summed E-state index contributed by atoms with van der Waals surface area (Å²) in [7, 11) is 1.85. The Bertz CT molecular complexity index is 780. The monoisotopic (exact) mass is 334 g/mol. The average Bonchev–Trinajstić information content (AvgIpc) is 2.61. The minimum Gasteiger partial charge on any atom is -0.348 e. The maximum atomic E-state index is 12.8. The number of rotatable bonds is 5. The Balaban J connectivity index is 1.81. The Kier molecular flexibility index (Phi) is 5.32. The van der Waals surface area contributed by atoms with E-state index in [1.807, 2.05) is 50.4 Å². The summed E-state index contributed by atoms with van der Waals surface area (Å²) in [5, 5.41) is 3.07. The first-order chi connectivity index (χ1) is 12.1. The van der Waals surface area contributed by atoms with Crippen molar-refractivity contribution in [3.05, 3.63) is 70.8 Å². The van der Waals surface area contributed by atoms with Gasteiger partial charge in [0.2, 0.25) is 0 Å². The van der Waals surface area contributed by atoms with E-state index < -0.39 is 0 Å². The molecule has 1 unspecified atom stereocenters. The fourth-order valence-corrected chi connectivity index (χ4v) is 3.60. The number of benzene rings is 2. The smallest absolute Gasteiger partial charge is 0.251 e. The number of hydrogen-bond acceptors (Lipinski definition) is 2. The number of carbonyl (C=O) groups excluding carboxylic acids is 1. The maximum absolute atomic E-state index is 12.8. The van der Waals surface area contributed by atoms with Gasteiger partial charge in [-0.15, -0.1) is 0 Å². The topological polar surface area (TPSA) is 41.5 Å². The summed E-state index contributed by atoms with van der Waals surface area (Å²) >= 11 is 0. The van der Waals surface area contributed by atoms with Crippen LogP contribution in [-0.4, -0.2) is 18.7 Å². The normalized spacial score (nSPS) is 20.0. The van der Waals surface area contributed by atoms with Crippen LogP contribution in [-0.2, 0) is 6.54 Å². The molecular formula is C22H26N2O. The zero-order valence-electron chi connectivity index (χ0n) is 15.3. The summed E-state index contributed by atoms with van der Waals surface area (Å²) in [6, 6.07) is 16.3. The van der Waals surface area contributed by atoms with E-state index in [1.54, 1.807) is 0 Å². The van der Waals surface area contributed by atoms with Crippen LogP contribution in [0.2, 0.25) is 0 Å². The molecule has 2 aromatic carbocycles. The Labute approximate surface area is 150 Å². The number of nitrogens with zero attached hydrogens (tertiary/aromatic N) is 1. The molecule has 3 nitrogen and oxygen atoms in total. The largest absolute Gasteiger partial charge is 0.348 e. The fourth-order valence-electron chi connectivity index (χ4n) is 3.60. The molecule has 0 radical (unpaired) electrons. The van der Waals surface area contributed by atoms with Crippen molar-refractivity contribution in [2.45, 2.75) is 39.2 Å². The molecule has 25 heavy (non-hydrogen) atoms. The summed E-state index contributed by atoms with van der Waals surface area (Å²) in [5.41, 5.74) is 5.39. The van der Waals surface area contributed by atoms with E-state index in [1.165, 1.54) is 5.71 Å². The molecule has 0 aromatic heterocycles. The van der Waals surface area contributed by atoms with Crippen molar-refractivity contribution in [2.24, 2.45) is 10.9 Å². The second kappa shape index (κ2) is 7.64. The predicted molar refractivity (Wildman–Crippen MR) is 103 cm³/mol. The van der Waals surface area contributed by atoms with E-state index in [0.717, 1.165) is 35.1 Å². The van der Waals surface area contributed by atoms with Crippen LogP contribution in [0.4, 0.5) is 0 Å². The molecule has 1 aliphatic carbocycles. The van der Waals surface area contributed by atoms with Crippen LogP contribution in [0.5, 0.6) is 0 Å². The third-order valence-electron chi connectivity index (χ3n) is 5.31. The third kappa shape index (κ3) is 3.81. The molecule has 3 rings (SSSR count). The summed E-state index contributed by atoms with van der Waals surface area (Å²) in [6.45, 7) is 4.69. The fraction of sp³-hybridized carbons (Fsp3) is 0.364. The summed E-state index contributed by atoms with van der Waals surface area (Å²) in [4.78, 5) is 17.2. The molecule has 1 aliphatic rings. The molecule has 1 saturated carbocycles. The summed E-state index contributed by atoms with van der Waals surface area (Å²) < 4.78 is 0. The third-order valence-corrected chi connectivity index (χ3v) is 5.31. The van der Waals surface area contributed by atoms with Crippen molar-refractivity contribution in [1.29, 1.82) is 0 Å². The Morgan fingerprint density at radius 1 is 1.16 bits per heavy atom. The first-order valence-corrected chi connectivity index (χ1v) is 8.96. The van der Waals surface area contributed by atoms with Crippen LogP contribution in [0.15, 0.2) is 53.5 Å². The van der Waals surface area contributed by atoms with Crippen LogP contribution >= 0.6 is 0 Å². The molecule has 1 fully saturated rings. The average molecular weight is 334 g/mol. The number of aliphatic imine (C=N–C) groups is 1. The van der Waals surface area contributed by atoms with Gasteiger partial charge in [-0.1, -0.05) is 48.0 Å². The first-order valence-electron chi connectivity index (χ1n) is 8.96. The lowest BCUT2D eigenvalue weighted by Crippen LogP contribution is -2.32. The van der Waals surface area contributed by atoms with Crippen LogP contribution in [0, 0.1) is 12.8 Å². The molecule has 0 heterocycles. The number of carbonyl (C=O) groups is 1. The lowest BCUT2D eigenvalue weighted by atomic mass is 9.67. The molecule has 0 saturated heterocycles. The highest BCUT2D eigenvalue weighted by molar-refractivity contribution is 5.96. The lowest BCUT2D eigenvalue weighted by molar-refractivity contribution is 0.0948. The molecular weight excluding hydrogens is 308 g/mol. The Hall–Kier alpha value is -2.42. The molecule has 3 heteroatoms. The van der Waals surface area contributed by atoms with E-state index in [2.05, 4.69) is 29.4 Å². The molecule has 1 amide bonds. The lowest BCUT2D eigenvalue weighted by Gasteiger charge is -2.38. The van der Waals surface area contributed by atoms with E-state index in [0.29, 0.717) is 18.4 Å². The van der Waals surface area contributed by atoms with Gasteiger partial charge in [0.15, 0.2) is 0 Å². The molecule has 0 aliphatic heterocycles. The van der Waals surface area contributed by atoms with Gasteiger partial charge in [-0.3, -0.25) is 9.79 Å². The predicted octanol–water partition coefficient (Wildman–Crippen LogP) is 4.51. The number of aryl methyl sites for hydroxylation is 1. The SMILES string of the molecule is CN=C(C)C1CC[C@H]1c1ccc(C)cc1C(=O)NCc1ccccc1. The van der Waals surface area contributed by atoms with Crippen molar-refractivity contribution in [1.82, 2.24) is 5.32 Å². The van der Waals surface area contributed by atoms with Crippen molar-refractivity contribution in [2.75, 3.05) is 7.05 Å². The standard InChI is InChI=1S/C22H26N2O/c1-15-9-10-20(19-12-11-18(19)16(2)23-3)21(13-15)22(25)24-14-17-7-5-4-6-8-17/h4-10,13,18-19H,11-12,14H2,1-3H3,(H,24,25)/t18?,19-/m1/s1. The highest BCUT2D eigenvalue weighted by Crippen LogP contribution is 2.44. The van der Waals surface area contributed by atoms with Crippen LogP contribution in [0.1, 0.15) is 52.7 Å². The molecule has 2 aromatic rings. The van der Waals surface area contributed by atoms with Gasteiger partial charge in [0.05, 0.1) is 0 Å².